The van der Waals surface area contributed by atoms with Crippen molar-refractivity contribution in [2.45, 2.75) is 13.3 Å². The number of aromatic amines is 1. The summed E-state index contributed by atoms with van der Waals surface area (Å²) in [4.78, 5) is 35.1. The van der Waals surface area contributed by atoms with Crippen molar-refractivity contribution in [3.8, 4) is 11.4 Å². The number of nitrogens with zero attached hydrogens (tertiary/aromatic N) is 2. The lowest BCUT2D eigenvalue weighted by atomic mass is 10.2. The van der Waals surface area contributed by atoms with Gasteiger partial charge in [0.1, 0.15) is 11.6 Å². The normalized spacial score (nSPS) is 10.4. The third kappa shape index (κ3) is 5.24. The summed E-state index contributed by atoms with van der Waals surface area (Å²) in [7, 11) is 0. The standard InChI is InChI=1S/C19H18BrN5O2/c1-2-14-9-17(26)25-19(24-14)12-3-8-16(21-10-12)22-11-18(27)23-15-6-4-13(20)5-7-15/h3-10H,2,11H2,1H3,(H,21,22)(H,23,27)(H,24,25,26). The molecule has 8 heteroatoms. The Hall–Kier alpha value is -3.00. The number of hydrogen-bond donors (Lipinski definition) is 3. The molecule has 0 aliphatic rings. The first-order valence-electron chi connectivity index (χ1n) is 8.39. The molecule has 0 saturated carbocycles. The average Bonchev–Trinajstić information content (AvgIpc) is 2.68. The molecule has 0 atom stereocenters. The Morgan fingerprint density at radius 2 is 1.96 bits per heavy atom. The van der Waals surface area contributed by atoms with Crippen molar-refractivity contribution in [1.29, 1.82) is 0 Å². The van der Waals surface area contributed by atoms with Crippen LogP contribution in [0, 0.1) is 0 Å². The number of carbonyl (C=O) groups excluding carboxylic acids is 1. The molecule has 2 aromatic heterocycles. The smallest absolute Gasteiger partial charge is 0.251 e. The Kier molecular flexibility index (Phi) is 5.97. The molecule has 0 saturated heterocycles. The molecule has 0 radical (unpaired) electrons. The monoisotopic (exact) mass is 427 g/mol. The summed E-state index contributed by atoms with van der Waals surface area (Å²) in [5, 5.41) is 5.76. The van der Waals surface area contributed by atoms with Crippen LogP contribution < -0.4 is 16.2 Å². The van der Waals surface area contributed by atoms with Gasteiger partial charge < -0.3 is 15.6 Å². The Bertz CT molecular complexity index is 984. The molecule has 1 aromatic carbocycles. The van der Waals surface area contributed by atoms with Crippen LogP contribution >= 0.6 is 15.9 Å². The molecule has 1 amide bonds. The lowest BCUT2D eigenvalue weighted by molar-refractivity contribution is -0.114. The molecule has 3 rings (SSSR count). The van der Waals surface area contributed by atoms with Gasteiger partial charge in [-0.05, 0) is 42.8 Å². The van der Waals surface area contributed by atoms with Gasteiger partial charge in [-0.3, -0.25) is 9.59 Å². The molecule has 0 fully saturated rings. The highest BCUT2D eigenvalue weighted by atomic mass is 79.9. The number of hydrogen-bond acceptors (Lipinski definition) is 5. The lowest BCUT2D eigenvalue weighted by Gasteiger charge is -2.08. The van der Waals surface area contributed by atoms with Crippen LogP contribution in [-0.2, 0) is 11.2 Å². The number of anilines is 2. The number of nitrogens with one attached hydrogen (secondary N) is 3. The van der Waals surface area contributed by atoms with Gasteiger partial charge in [0.05, 0.1) is 6.54 Å². The van der Waals surface area contributed by atoms with E-state index in [1.54, 1.807) is 18.3 Å². The van der Waals surface area contributed by atoms with Gasteiger partial charge >= 0.3 is 0 Å². The molecule has 0 bridgehead atoms. The molecule has 2 heterocycles. The first-order chi connectivity index (χ1) is 13.0. The predicted octanol–water partition coefficient (Wildman–Crippen LogP) is 3.21. The van der Waals surface area contributed by atoms with Crippen molar-refractivity contribution in [3.63, 3.8) is 0 Å². The van der Waals surface area contributed by atoms with Crippen LogP contribution in [0.3, 0.4) is 0 Å². The molecular weight excluding hydrogens is 410 g/mol. The molecule has 27 heavy (non-hydrogen) atoms. The Balaban J connectivity index is 1.60. The fourth-order valence-electron chi connectivity index (χ4n) is 2.37. The van der Waals surface area contributed by atoms with Crippen molar-refractivity contribution in [2.75, 3.05) is 17.2 Å². The summed E-state index contributed by atoms with van der Waals surface area (Å²) < 4.78 is 0.947. The molecule has 0 unspecified atom stereocenters. The fourth-order valence-corrected chi connectivity index (χ4v) is 2.64. The lowest BCUT2D eigenvalue weighted by Crippen LogP contribution is -2.22. The zero-order valence-electron chi connectivity index (χ0n) is 14.6. The van der Waals surface area contributed by atoms with Crippen LogP contribution in [-0.4, -0.2) is 27.4 Å². The minimum Gasteiger partial charge on any atom is -0.361 e. The third-order valence-electron chi connectivity index (χ3n) is 3.75. The van der Waals surface area contributed by atoms with E-state index in [0.717, 1.165) is 15.9 Å². The number of H-pyrrole nitrogens is 1. The van der Waals surface area contributed by atoms with Crippen molar-refractivity contribution in [2.24, 2.45) is 0 Å². The summed E-state index contributed by atoms with van der Waals surface area (Å²) >= 11 is 3.35. The van der Waals surface area contributed by atoms with E-state index in [0.29, 0.717) is 23.6 Å². The number of amides is 1. The first kappa shape index (κ1) is 18.8. The SMILES string of the molecule is CCc1cc(=O)[nH]c(-c2ccc(NCC(=O)Nc3ccc(Br)cc3)nc2)n1. The summed E-state index contributed by atoms with van der Waals surface area (Å²) in [6.07, 6.45) is 2.28. The summed E-state index contributed by atoms with van der Waals surface area (Å²) in [5.41, 5.74) is 1.95. The molecule has 0 aliphatic heterocycles. The highest BCUT2D eigenvalue weighted by molar-refractivity contribution is 9.10. The number of benzene rings is 1. The van der Waals surface area contributed by atoms with Crippen LogP contribution in [0.1, 0.15) is 12.6 Å². The number of pyridine rings is 1. The molecule has 138 valence electrons. The zero-order valence-corrected chi connectivity index (χ0v) is 16.2. The van der Waals surface area contributed by atoms with Gasteiger partial charge in [-0.2, -0.15) is 0 Å². The molecule has 0 aliphatic carbocycles. The van der Waals surface area contributed by atoms with E-state index < -0.39 is 0 Å². The number of rotatable bonds is 6. The summed E-state index contributed by atoms with van der Waals surface area (Å²) in [6.45, 7) is 2.03. The van der Waals surface area contributed by atoms with Crippen molar-refractivity contribution < 1.29 is 4.79 Å². The molecule has 0 spiro atoms. The maximum Gasteiger partial charge on any atom is 0.251 e. The molecular formula is C19H18BrN5O2. The van der Waals surface area contributed by atoms with Crippen LogP contribution in [0.2, 0.25) is 0 Å². The summed E-state index contributed by atoms with van der Waals surface area (Å²) in [5.74, 6) is 0.856. The van der Waals surface area contributed by atoms with Crippen molar-refractivity contribution >= 4 is 33.3 Å². The van der Waals surface area contributed by atoms with Crippen LogP contribution in [0.15, 0.2) is 57.9 Å². The third-order valence-corrected chi connectivity index (χ3v) is 4.28. The average molecular weight is 428 g/mol. The second-order valence-corrected chi connectivity index (χ2v) is 6.70. The van der Waals surface area contributed by atoms with E-state index in [4.69, 9.17) is 0 Å². The van der Waals surface area contributed by atoms with Gasteiger partial charge in [-0.1, -0.05) is 22.9 Å². The number of carbonyl (C=O) groups is 1. The molecule has 3 aromatic rings. The second kappa shape index (κ2) is 8.59. The van der Waals surface area contributed by atoms with Crippen molar-refractivity contribution in [3.05, 3.63) is 69.2 Å². The number of halogens is 1. The van der Waals surface area contributed by atoms with Gasteiger partial charge in [-0.15, -0.1) is 0 Å². The van der Waals surface area contributed by atoms with Gasteiger partial charge in [0.25, 0.3) is 5.56 Å². The van der Waals surface area contributed by atoms with E-state index in [1.807, 2.05) is 31.2 Å². The largest absolute Gasteiger partial charge is 0.361 e. The first-order valence-corrected chi connectivity index (χ1v) is 9.19. The maximum absolute atomic E-state index is 12.0. The minimum absolute atomic E-state index is 0.0861. The Morgan fingerprint density at radius 1 is 1.19 bits per heavy atom. The summed E-state index contributed by atoms with van der Waals surface area (Å²) in [6, 6.07) is 12.3. The second-order valence-electron chi connectivity index (χ2n) is 5.78. The maximum atomic E-state index is 12.0. The fraction of sp³-hybridized carbons (Fsp3) is 0.158. The molecule has 3 N–H and O–H groups in total. The van der Waals surface area contributed by atoms with E-state index in [9.17, 15) is 9.59 Å². The number of aryl methyl sites for hydroxylation is 1. The zero-order chi connectivity index (χ0) is 19.2. The topological polar surface area (TPSA) is 99.8 Å². The predicted molar refractivity (Wildman–Crippen MR) is 109 cm³/mol. The quantitative estimate of drug-likeness (QED) is 0.560. The van der Waals surface area contributed by atoms with Gasteiger partial charge in [0.2, 0.25) is 5.91 Å². The van der Waals surface area contributed by atoms with E-state index >= 15 is 0 Å². The van der Waals surface area contributed by atoms with Crippen LogP contribution in [0.5, 0.6) is 0 Å². The van der Waals surface area contributed by atoms with Gasteiger partial charge in [-0.25, -0.2) is 9.97 Å². The van der Waals surface area contributed by atoms with Gasteiger partial charge in [0.15, 0.2) is 0 Å². The van der Waals surface area contributed by atoms with Crippen molar-refractivity contribution in [1.82, 2.24) is 15.0 Å². The van der Waals surface area contributed by atoms with Crippen LogP contribution in [0.25, 0.3) is 11.4 Å². The number of aromatic nitrogens is 3. The van der Waals surface area contributed by atoms with E-state index in [1.165, 1.54) is 6.07 Å². The minimum atomic E-state index is -0.191. The van der Waals surface area contributed by atoms with Crippen LogP contribution in [0.4, 0.5) is 11.5 Å². The highest BCUT2D eigenvalue weighted by Gasteiger charge is 2.06. The van der Waals surface area contributed by atoms with E-state index in [-0.39, 0.29) is 18.0 Å². The van der Waals surface area contributed by atoms with E-state index in [2.05, 4.69) is 41.5 Å². The Labute approximate surface area is 164 Å². The Morgan fingerprint density at radius 3 is 2.63 bits per heavy atom. The highest BCUT2D eigenvalue weighted by Crippen LogP contribution is 2.16. The molecule has 7 nitrogen and oxygen atoms in total. The van der Waals surface area contributed by atoms with Gasteiger partial charge in [0, 0.05) is 33.7 Å².